The average Bonchev–Trinajstić information content (AvgIpc) is 3.99. The molecule has 67 heavy (non-hydrogen) atoms. The first-order valence-electron chi connectivity index (χ1n) is 24.0. The highest BCUT2D eigenvalue weighted by molar-refractivity contribution is 8.76. The summed E-state index contributed by atoms with van der Waals surface area (Å²) in [5, 5.41) is 17.8. The average molecular weight is 971 g/mol. The number of amides is 5. The Bertz CT molecular complexity index is 1880. The van der Waals surface area contributed by atoms with Crippen molar-refractivity contribution in [3.8, 4) is 0 Å². The van der Waals surface area contributed by atoms with Crippen LogP contribution in [0.2, 0.25) is 0 Å². The van der Waals surface area contributed by atoms with Gasteiger partial charge >= 0.3 is 6.09 Å². The summed E-state index contributed by atoms with van der Waals surface area (Å²) < 4.78 is 18.1. The van der Waals surface area contributed by atoms with Gasteiger partial charge in [0.15, 0.2) is 0 Å². The lowest BCUT2D eigenvalue weighted by molar-refractivity contribution is -0.148. The van der Waals surface area contributed by atoms with Crippen molar-refractivity contribution in [3.05, 3.63) is 60.3 Å². The number of benzene rings is 1. The maximum Gasteiger partial charge on any atom is 0.410 e. The van der Waals surface area contributed by atoms with Crippen molar-refractivity contribution in [3.63, 3.8) is 0 Å². The summed E-state index contributed by atoms with van der Waals surface area (Å²) >= 11 is 0. The second-order valence-electron chi connectivity index (χ2n) is 19.0. The van der Waals surface area contributed by atoms with Crippen molar-refractivity contribution in [1.82, 2.24) is 30.3 Å². The number of aliphatic hydroxyl groups is 1. The van der Waals surface area contributed by atoms with Gasteiger partial charge < -0.3 is 39.8 Å². The van der Waals surface area contributed by atoms with Crippen LogP contribution >= 0.6 is 21.6 Å². The zero-order valence-electron chi connectivity index (χ0n) is 41.8. The van der Waals surface area contributed by atoms with E-state index in [2.05, 4.69) is 15.6 Å². The molecule has 2 aromatic rings. The summed E-state index contributed by atoms with van der Waals surface area (Å²) in [6.07, 6.45) is 3.20. The molecule has 1 aliphatic carbocycles. The van der Waals surface area contributed by atoms with Crippen LogP contribution in [0.1, 0.15) is 112 Å². The lowest BCUT2D eigenvalue weighted by atomic mass is 9.89. The van der Waals surface area contributed by atoms with Gasteiger partial charge in [0.1, 0.15) is 23.2 Å². The van der Waals surface area contributed by atoms with Crippen LogP contribution in [0.3, 0.4) is 0 Å². The number of carbonyl (C=O) groups is 5. The van der Waals surface area contributed by atoms with Crippen LogP contribution in [0.15, 0.2) is 59.8 Å². The molecule has 2 heterocycles. The molecule has 0 radical (unpaired) electrons. The number of rotatable bonds is 24. The van der Waals surface area contributed by atoms with E-state index < -0.39 is 60.4 Å². The molecule has 12 atom stereocenters. The van der Waals surface area contributed by atoms with Crippen LogP contribution in [-0.2, 0) is 33.4 Å². The summed E-state index contributed by atoms with van der Waals surface area (Å²) in [4.78, 5) is 79.7. The predicted octanol–water partition coefficient (Wildman–Crippen LogP) is 7.14. The number of aliphatic hydroxyl groups excluding tert-OH is 1. The van der Waals surface area contributed by atoms with Crippen LogP contribution in [0.5, 0.6) is 0 Å². The number of nitrogens with zero attached hydrogens (tertiary/aromatic N) is 4. The van der Waals surface area contributed by atoms with E-state index in [0.717, 1.165) is 30.7 Å². The van der Waals surface area contributed by atoms with Gasteiger partial charge in [0.05, 0.1) is 54.0 Å². The Labute approximate surface area is 407 Å². The maximum atomic E-state index is 14.7. The molecule has 15 nitrogen and oxygen atoms in total. The highest BCUT2D eigenvalue weighted by atomic mass is 33.1. The van der Waals surface area contributed by atoms with E-state index in [9.17, 15) is 29.1 Å². The normalized spacial score (nSPS) is 21.4. The van der Waals surface area contributed by atoms with E-state index in [-0.39, 0.29) is 59.3 Å². The SMILES string of the molecule is CC[C@H](C)[C@@H]([C@@H](CC(=O)N1CCC[C@H]1[C@H](OC)[C@@H](C)C(=O)N[C@H](C)[C@@H](O)c1ccccc1)OC)N(C)C(=O)[C@@H](NC(=O)[C@H](C(C)C)N(C)C(=O)O[C@@H]1CCC[C@H]1SSc1ccccn1)C(C)C. The fourth-order valence-corrected chi connectivity index (χ4v) is 12.2. The molecule has 1 saturated heterocycles. The van der Waals surface area contributed by atoms with E-state index in [1.807, 2.05) is 90.1 Å². The molecule has 2 fully saturated rings. The van der Waals surface area contributed by atoms with E-state index in [1.54, 1.807) is 72.6 Å². The topological polar surface area (TPSA) is 180 Å². The lowest BCUT2D eigenvalue weighted by Crippen LogP contribution is -2.60. The van der Waals surface area contributed by atoms with E-state index >= 15 is 0 Å². The first-order valence-corrected chi connectivity index (χ1v) is 26.2. The number of likely N-dealkylation sites (tertiary alicyclic amines) is 1. The van der Waals surface area contributed by atoms with Gasteiger partial charge in [-0.1, -0.05) is 102 Å². The van der Waals surface area contributed by atoms with Crippen LogP contribution in [0.4, 0.5) is 4.79 Å². The van der Waals surface area contributed by atoms with Crippen LogP contribution < -0.4 is 10.6 Å². The standard InChI is InChI=1S/C50H78N6O9S2/c1-13-32(6)44(38(63-11)29-41(57)56-28-20-23-36(56)46(64-12)33(7)47(59)52-34(8)45(58)35-21-15-14-16-22-35)54(9)49(61)42(30(2)3)53-48(60)43(31(4)5)55(10)50(62)65-37-24-19-25-39(37)66-67-40-26-17-18-27-51-40/h14-18,21-22,26-27,30-34,36-39,42-46,58H,13,19-20,23-25,28-29H2,1-12H3,(H,52,59)(H,53,60)/t32-,33+,34+,36-,37+,38+,39+,42-,43-,44-,45+,46+/m0/s1. The van der Waals surface area contributed by atoms with Gasteiger partial charge in [-0.25, -0.2) is 9.78 Å². The number of hydrogen-bond acceptors (Lipinski definition) is 12. The molecule has 3 N–H and O–H groups in total. The van der Waals surface area contributed by atoms with Crippen molar-refractivity contribution in [2.45, 2.75) is 165 Å². The fraction of sp³-hybridized carbons (Fsp3) is 0.680. The molecule has 5 amide bonds. The first kappa shape index (κ1) is 55.7. The van der Waals surface area contributed by atoms with Crippen molar-refractivity contribution in [2.24, 2.45) is 23.7 Å². The number of methoxy groups -OCH3 is 2. The molecular weight excluding hydrogens is 893 g/mol. The monoisotopic (exact) mass is 971 g/mol. The molecule has 17 heteroatoms. The summed E-state index contributed by atoms with van der Waals surface area (Å²) in [6.45, 7) is 15.5. The van der Waals surface area contributed by atoms with Crippen molar-refractivity contribution in [1.29, 1.82) is 0 Å². The second kappa shape index (κ2) is 26.7. The fourth-order valence-electron chi connectivity index (χ4n) is 9.55. The summed E-state index contributed by atoms with van der Waals surface area (Å²) in [7, 11) is 9.55. The van der Waals surface area contributed by atoms with Gasteiger partial charge in [-0.3, -0.25) is 24.1 Å². The number of ether oxygens (including phenoxy) is 3. The molecular formula is C50H78N6O9S2. The number of likely N-dealkylation sites (N-methyl/N-ethyl adjacent to an activating group) is 2. The van der Waals surface area contributed by atoms with Crippen molar-refractivity contribution < 1.29 is 43.3 Å². The van der Waals surface area contributed by atoms with Gasteiger partial charge in [0.25, 0.3) is 0 Å². The third kappa shape index (κ3) is 14.8. The van der Waals surface area contributed by atoms with Gasteiger partial charge in [-0.2, -0.15) is 0 Å². The Balaban J connectivity index is 1.43. The first-order chi connectivity index (χ1) is 31.9. The molecule has 0 unspecified atom stereocenters. The molecule has 4 rings (SSSR count). The third-order valence-electron chi connectivity index (χ3n) is 13.6. The highest BCUT2D eigenvalue weighted by Gasteiger charge is 2.44. The van der Waals surface area contributed by atoms with Gasteiger partial charge in [-0.15, -0.1) is 0 Å². The van der Waals surface area contributed by atoms with E-state index in [4.69, 9.17) is 14.2 Å². The predicted molar refractivity (Wildman–Crippen MR) is 264 cm³/mol. The largest absolute Gasteiger partial charge is 0.445 e. The smallest absolute Gasteiger partial charge is 0.410 e. The van der Waals surface area contributed by atoms with Crippen LogP contribution in [0, 0.1) is 23.7 Å². The Morgan fingerprint density at radius 3 is 2.13 bits per heavy atom. The summed E-state index contributed by atoms with van der Waals surface area (Å²) in [6, 6.07) is 11.5. The zero-order valence-corrected chi connectivity index (χ0v) is 43.4. The number of pyridine rings is 1. The van der Waals surface area contributed by atoms with E-state index in [0.29, 0.717) is 24.9 Å². The minimum absolute atomic E-state index is 0.0276. The Morgan fingerprint density at radius 1 is 0.851 bits per heavy atom. The highest BCUT2D eigenvalue weighted by Crippen LogP contribution is 2.42. The maximum absolute atomic E-state index is 14.7. The molecule has 0 bridgehead atoms. The molecule has 374 valence electrons. The van der Waals surface area contributed by atoms with Crippen LogP contribution in [-0.4, -0.2) is 143 Å². The molecule has 2 aliphatic rings. The zero-order chi connectivity index (χ0) is 49.5. The summed E-state index contributed by atoms with van der Waals surface area (Å²) in [5.41, 5.74) is 0.695. The minimum atomic E-state index is -0.947. The van der Waals surface area contributed by atoms with Gasteiger partial charge in [-0.05, 0) is 85.3 Å². The minimum Gasteiger partial charge on any atom is -0.445 e. The Morgan fingerprint density at radius 2 is 1.54 bits per heavy atom. The molecule has 1 aromatic carbocycles. The molecule has 1 aliphatic heterocycles. The molecule has 1 saturated carbocycles. The summed E-state index contributed by atoms with van der Waals surface area (Å²) in [5.74, 6) is -2.63. The van der Waals surface area contributed by atoms with Crippen LogP contribution in [0.25, 0.3) is 0 Å². The van der Waals surface area contributed by atoms with Gasteiger partial charge in [0, 0.05) is 41.1 Å². The quantitative estimate of drug-likeness (QED) is 0.0908. The van der Waals surface area contributed by atoms with Crippen molar-refractivity contribution >= 4 is 51.3 Å². The molecule has 1 aromatic heterocycles. The van der Waals surface area contributed by atoms with Crippen molar-refractivity contribution in [2.75, 3.05) is 34.9 Å². The third-order valence-corrected chi connectivity index (χ3v) is 16.5. The Hall–Kier alpha value is -3.90. The number of nitrogens with one attached hydrogen (secondary N) is 2. The number of carbonyl (C=O) groups excluding carboxylic acids is 5. The lowest BCUT2D eigenvalue weighted by Gasteiger charge is -2.41. The Kier molecular flexibility index (Phi) is 22.2. The molecule has 0 spiro atoms. The second-order valence-corrected chi connectivity index (χ2v) is 21.5. The van der Waals surface area contributed by atoms with Gasteiger partial charge in [0.2, 0.25) is 23.6 Å². The van der Waals surface area contributed by atoms with E-state index in [1.165, 1.54) is 12.0 Å². The number of hydrogen-bond donors (Lipinski definition) is 3. The number of aromatic nitrogens is 1.